The van der Waals surface area contributed by atoms with Crippen molar-refractivity contribution >= 4 is 39.1 Å². The quantitative estimate of drug-likeness (QED) is 0.867. The number of nitrogens with one attached hydrogen (secondary N) is 1. The number of nitrogens with zero attached hydrogens (tertiary/aromatic N) is 1. The standard InChI is InChI=1S/C14H14BrClN2O/c1-8-6-10(15)12(7-11(8)16)17-14(19)13-5-4-9(2)18(13)3/h4-7H,1-3H3,(H,17,19). The fourth-order valence-electron chi connectivity index (χ4n) is 1.77. The van der Waals surface area contributed by atoms with E-state index in [0.29, 0.717) is 16.4 Å². The molecule has 0 aliphatic heterocycles. The Morgan fingerprint density at radius 1 is 1.32 bits per heavy atom. The van der Waals surface area contributed by atoms with Crippen LogP contribution < -0.4 is 5.32 Å². The van der Waals surface area contributed by atoms with Gasteiger partial charge in [-0.1, -0.05) is 11.6 Å². The predicted molar refractivity (Wildman–Crippen MR) is 82.0 cm³/mol. The number of hydrogen-bond donors (Lipinski definition) is 1. The maximum atomic E-state index is 12.2. The number of halogens is 2. The first-order chi connectivity index (χ1) is 8.90. The molecule has 0 bridgehead atoms. The molecule has 100 valence electrons. The number of aromatic nitrogens is 1. The first-order valence-electron chi connectivity index (χ1n) is 5.79. The number of aryl methyl sites for hydroxylation is 2. The van der Waals surface area contributed by atoms with Gasteiger partial charge in [0, 0.05) is 22.2 Å². The first kappa shape index (κ1) is 14.2. The van der Waals surface area contributed by atoms with Gasteiger partial charge in [-0.25, -0.2) is 0 Å². The van der Waals surface area contributed by atoms with Gasteiger partial charge in [0.1, 0.15) is 5.69 Å². The predicted octanol–water partition coefficient (Wildman–Crippen LogP) is 4.31. The Hall–Kier alpha value is -1.26. The fourth-order valence-corrected chi connectivity index (χ4v) is 2.49. The van der Waals surface area contributed by atoms with Crippen LogP contribution >= 0.6 is 27.5 Å². The smallest absolute Gasteiger partial charge is 0.272 e. The Morgan fingerprint density at radius 3 is 2.58 bits per heavy atom. The average Bonchev–Trinajstić information content (AvgIpc) is 2.67. The molecule has 0 atom stereocenters. The number of amides is 1. The van der Waals surface area contributed by atoms with Gasteiger partial charge in [-0.3, -0.25) is 4.79 Å². The zero-order valence-corrected chi connectivity index (χ0v) is 13.3. The summed E-state index contributed by atoms with van der Waals surface area (Å²) in [4.78, 5) is 12.2. The van der Waals surface area contributed by atoms with Crippen LogP contribution in [0, 0.1) is 13.8 Å². The Bertz CT molecular complexity index is 649. The number of anilines is 1. The molecular formula is C14H14BrClN2O. The van der Waals surface area contributed by atoms with Crippen LogP contribution in [0.4, 0.5) is 5.69 Å². The van der Waals surface area contributed by atoms with Crippen LogP contribution in [0.25, 0.3) is 0 Å². The summed E-state index contributed by atoms with van der Waals surface area (Å²) in [6.07, 6.45) is 0. The van der Waals surface area contributed by atoms with Crippen molar-refractivity contribution in [3.63, 3.8) is 0 Å². The Balaban J connectivity index is 2.29. The van der Waals surface area contributed by atoms with Crippen molar-refractivity contribution in [2.75, 3.05) is 5.32 Å². The van der Waals surface area contributed by atoms with Crippen LogP contribution in [0.5, 0.6) is 0 Å². The topological polar surface area (TPSA) is 34.0 Å². The molecule has 1 N–H and O–H groups in total. The van der Waals surface area contributed by atoms with Crippen LogP contribution in [0.2, 0.25) is 5.02 Å². The van der Waals surface area contributed by atoms with Crippen LogP contribution in [0.15, 0.2) is 28.7 Å². The van der Waals surface area contributed by atoms with Gasteiger partial charge < -0.3 is 9.88 Å². The van der Waals surface area contributed by atoms with Crippen molar-refractivity contribution in [1.82, 2.24) is 4.57 Å². The highest BCUT2D eigenvalue weighted by molar-refractivity contribution is 9.10. The minimum absolute atomic E-state index is 0.156. The molecule has 1 aromatic heterocycles. The van der Waals surface area contributed by atoms with Crippen molar-refractivity contribution in [1.29, 1.82) is 0 Å². The lowest BCUT2D eigenvalue weighted by atomic mass is 10.2. The van der Waals surface area contributed by atoms with E-state index in [0.717, 1.165) is 15.7 Å². The van der Waals surface area contributed by atoms with E-state index < -0.39 is 0 Å². The largest absolute Gasteiger partial charge is 0.344 e. The molecule has 1 aromatic carbocycles. The van der Waals surface area contributed by atoms with Crippen molar-refractivity contribution in [3.05, 3.63) is 50.7 Å². The Labute approximate surface area is 125 Å². The minimum Gasteiger partial charge on any atom is -0.344 e. The number of carbonyl (C=O) groups is 1. The van der Waals surface area contributed by atoms with Gasteiger partial charge in [0.25, 0.3) is 5.91 Å². The summed E-state index contributed by atoms with van der Waals surface area (Å²) >= 11 is 9.50. The van der Waals surface area contributed by atoms with E-state index >= 15 is 0 Å². The van der Waals surface area contributed by atoms with Crippen LogP contribution in [0.3, 0.4) is 0 Å². The second-order valence-corrected chi connectivity index (χ2v) is 5.72. The van der Waals surface area contributed by atoms with E-state index in [4.69, 9.17) is 11.6 Å². The van der Waals surface area contributed by atoms with E-state index in [1.807, 2.05) is 37.6 Å². The molecule has 1 heterocycles. The zero-order valence-electron chi connectivity index (χ0n) is 10.9. The maximum Gasteiger partial charge on any atom is 0.272 e. The fraction of sp³-hybridized carbons (Fsp3) is 0.214. The van der Waals surface area contributed by atoms with Gasteiger partial charge in [0.2, 0.25) is 0 Å². The summed E-state index contributed by atoms with van der Waals surface area (Å²) in [5.41, 5.74) is 3.27. The first-order valence-corrected chi connectivity index (χ1v) is 6.96. The van der Waals surface area contributed by atoms with Gasteiger partial charge in [0.05, 0.1) is 5.69 Å². The average molecular weight is 342 g/mol. The zero-order chi connectivity index (χ0) is 14.2. The third-order valence-electron chi connectivity index (χ3n) is 3.10. The Morgan fingerprint density at radius 2 is 2.00 bits per heavy atom. The molecule has 0 spiro atoms. The van der Waals surface area contributed by atoms with Gasteiger partial charge >= 0.3 is 0 Å². The summed E-state index contributed by atoms with van der Waals surface area (Å²) < 4.78 is 2.66. The molecule has 19 heavy (non-hydrogen) atoms. The molecule has 5 heteroatoms. The monoisotopic (exact) mass is 340 g/mol. The SMILES string of the molecule is Cc1cc(Br)c(NC(=O)c2ccc(C)n2C)cc1Cl. The lowest BCUT2D eigenvalue weighted by Gasteiger charge is -2.10. The van der Waals surface area contributed by atoms with Gasteiger partial charge in [0.15, 0.2) is 0 Å². The molecule has 1 amide bonds. The summed E-state index contributed by atoms with van der Waals surface area (Å²) in [6.45, 7) is 3.87. The molecule has 0 unspecified atom stereocenters. The highest BCUT2D eigenvalue weighted by atomic mass is 79.9. The van der Waals surface area contributed by atoms with Gasteiger partial charge in [-0.15, -0.1) is 0 Å². The molecule has 0 aliphatic carbocycles. The summed E-state index contributed by atoms with van der Waals surface area (Å²) in [5.74, 6) is -0.156. The molecule has 0 radical (unpaired) electrons. The molecule has 0 saturated carbocycles. The lowest BCUT2D eigenvalue weighted by molar-refractivity contribution is 0.101. The molecular weight excluding hydrogens is 328 g/mol. The third-order valence-corrected chi connectivity index (χ3v) is 4.17. The molecule has 2 aromatic rings. The maximum absolute atomic E-state index is 12.2. The third kappa shape index (κ3) is 2.85. The number of carbonyl (C=O) groups excluding carboxylic acids is 1. The van der Waals surface area contributed by atoms with Crippen LogP contribution in [0.1, 0.15) is 21.7 Å². The second kappa shape index (κ2) is 5.39. The highest BCUT2D eigenvalue weighted by Crippen LogP contribution is 2.29. The molecule has 2 rings (SSSR count). The van der Waals surface area contributed by atoms with Crippen molar-refractivity contribution < 1.29 is 4.79 Å². The van der Waals surface area contributed by atoms with E-state index in [2.05, 4.69) is 21.2 Å². The van der Waals surface area contributed by atoms with Gasteiger partial charge in [-0.05, 0) is 59.6 Å². The van der Waals surface area contributed by atoms with Gasteiger partial charge in [-0.2, -0.15) is 0 Å². The highest BCUT2D eigenvalue weighted by Gasteiger charge is 2.13. The Kier molecular flexibility index (Phi) is 4.02. The number of rotatable bonds is 2. The van der Waals surface area contributed by atoms with Crippen molar-refractivity contribution in [3.8, 4) is 0 Å². The second-order valence-electron chi connectivity index (χ2n) is 4.45. The minimum atomic E-state index is -0.156. The van der Waals surface area contributed by atoms with E-state index in [1.54, 1.807) is 12.1 Å². The normalized spacial score (nSPS) is 10.6. The number of hydrogen-bond acceptors (Lipinski definition) is 1. The molecule has 0 saturated heterocycles. The summed E-state index contributed by atoms with van der Waals surface area (Å²) in [6, 6.07) is 7.34. The van der Waals surface area contributed by atoms with Crippen LogP contribution in [-0.4, -0.2) is 10.5 Å². The van der Waals surface area contributed by atoms with E-state index in [9.17, 15) is 4.79 Å². The summed E-state index contributed by atoms with van der Waals surface area (Å²) in [7, 11) is 1.86. The lowest BCUT2D eigenvalue weighted by Crippen LogP contribution is -2.16. The van der Waals surface area contributed by atoms with E-state index in [-0.39, 0.29) is 5.91 Å². The van der Waals surface area contributed by atoms with E-state index in [1.165, 1.54) is 0 Å². The van der Waals surface area contributed by atoms with Crippen molar-refractivity contribution in [2.24, 2.45) is 7.05 Å². The number of benzene rings is 1. The molecule has 0 aliphatic rings. The molecule has 3 nitrogen and oxygen atoms in total. The summed E-state index contributed by atoms with van der Waals surface area (Å²) in [5, 5.41) is 3.48. The van der Waals surface area contributed by atoms with Crippen LogP contribution in [-0.2, 0) is 7.05 Å². The molecule has 0 fully saturated rings. The van der Waals surface area contributed by atoms with Crippen molar-refractivity contribution in [2.45, 2.75) is 13.8 Å².